The second kappa shape index (κ2) is 13.2. The third kappa shape index (κ3) is 4.39. The first-order valence-electron chi connectivity index (χ1n) is 22.4. The summed E-state index contributed by atoms with van der Waals surface area (Å²) >= 11 is 0. The highest BCUT2D eigenvalue weighted by atomic mass is 15.1. The fourth-order valence-electron chi connectivity index (χ4n) is 12.4. The lowest BCUT2D eigenvalue weighted by Crippen LogP contribution is -2.44. The van der Waals surface area contributed by atoms with Gasteiger partial charge in [-0.05, 0) is 110 Å². The molecule has 2 spiro atoms. The molecular formula is C62H40N2. The lowest BCUT2D eigenvalue weighted by Gasteiger charge is -2.50. The second-order valence-electron chi connectivity index (χ2n) is 17.5. The second-order valence-corrected chi connectivity index (χ2v) is 17.5. The molecular weight excluding hydrogens is 773 g/mol. The molecule has 14 rings (SSSR count). The van der Waals surface area contributed by atoms with Gasteiger partial charge in [-0.1, -0.05) is 194 Å². The standard InChI is InChI=1S/C62H40N2/c1-3-20-41(21-4-1)63(43-38-39-49-48-28-11-18-36-57(48)64(59(49)40-43)42-22-5-2-6-23-42)58-37-19-35-56-60(58)62(52-31-14-9-26-46(52)47-27-10-15-32-53(47)62)55-34-17-16-33-54(55)61(56)50-29-12-7-24-44(50)45-25-8-13-30-51(45)61/h1-40H. The monoisotopic (exact) mass is 812 g/mol. The minimum absolute atomic E-state index is 0.584. The molecule has 0 atom stereocenters. The number of fused-ring (bicyclic) bond motifs is 19. The Morgan fingerprint density at radius 1 is 0.297 bits per heavy atom. The topological polar surface area (TPSA) is 8.17 Å². The molecule has 0 radical (unpaired) electrons. The van der Waals surface area contributed by atoms with E-state index in [2.05, 4.69) is 252 Å². The highest BCUT2D eigenvalue weighted by Crippen LogP contribution is 2.69. The first-order valence-corrected chi connectivity index (χ1v) is 22.4. The summed E-state index contributed by atoms with van der Waals surface area (Å²) < 4.78 is 2.43. The zero-order chi connectivity index (χ0) is 42.0. The molecule has 298 valence electrons. The summed E-state index contributed by atoms with van der Waals surface area (Å²) in [5, 5.41) is 2.47. The minimum atomic E-state index is -0.649. The van der Waals surface area contributed by atoms with Crippen molar-refractivity contribution in [2.45, 2.75) is 10.8 Å². The summed E-state index contributed by atoms with van der Waals surface area (Å²) in [6.45, 7) is 0. The molecule has 11 aromatic rings. The van der Waals surface area contributed by atoms with Crippen LogP contribution >= 0.6 is 0 Å². The Hall–Kier alpha value is -8.20. The van der Waals surface area contributed by atoms with Gasteiger partial charge >= 0.3 is 0 Å². The van der Waals surface area contributed by atoms with Gasteiger partial charge in [-0.15, -0.1) is 0 Å². The van der Waals surface area contributed by atoms with E-state index in [1.165, 1.54) is 88.6 Å². The maximum absolute atomic E-state index is 2.55. The lowest BCUT2D eigenvalue weighted by atomic mass is 9.52. The summed E-state index contributed by atoms with van der Waals surface area (Å²) in [7, 11) is 0. The van der Waals surface area contributed by atoms with Crippen LogP contribution in [-0.4, -0.2) is 4.57 Å². The molecule has 2 nitrogen and oxygen atoms in total. The van der Waals surface area contributed by atoms with Gasteiger partial charge in [-0.3, -0.25) is 0 Å². The van der Waals surface area contributed by atoms with Crippen LogP contribution in [-0.2, 0) is 10.8 Å². The van der Waals surface area contributed by atoms with E-state index in [4.69, 9.17) is 0 Å². The fraction of sp³-hybridized carbons (Fsp3) is 0.0323. The van der Waals surface area contributed by atoms with Crippen LogP contribution in [0.3, 0.4) is 0 Å². The Labute approximate surface area is 372 Å². The Morgan fingerprint density at radius 2 is 0.750 bits per heavy atom. The first kappa shape index (κ1) is 35.4. The summed E-state index contributed by atoms with van der Waals surface area (Å²) in [4.78, 5) is 2.55. The van der Waals surface area contributed by atoms with Crippen molar-refractivity contribution in [3.63, 3.8) is 0 Å². The van der Waals surface area contributed by atoms with Crippen LogP contribution in [0.25, 0.3) is 49.7 Å². The molecule has 1 aromatic heterocycles. The molecule has 0 saturated heterocycles. The Kier molecular flexibility index (Phi) is 7.28. The molecule has 64 heavy (non-hydrogen) atoms. The van der Waals surface area contributed by atoms with Gasteiger partial charge in [0.25, 0.3) is 0 Å². The number of aromatic nitrogens is 1. The van der Waals surface area contributed by atoms with Gasteiger partial charge in [0.1, 0.15) is 0 Å². The third-order valence-electron chi connectivity index (χ3n) is 14.6. The van der Waals surface area contributed by atoms with E-state index in [1.807, 2.05) is 0 Å². The maximum Gasteiger partial charge on any atom is 0.0740 e. The molecule has 0 bridgehead atoms. The highest BCUT2D eigenvalue weighted by Gasteiger charge is 2.60. The van der Waals surface area contributed by atoms with Gasteiger partial charge in [0, 0.05) is 33.4 Å². The number of anilines is 3. The molecule has 0 N–H and O–H groups in total. The summed E-state index contributed by atoms with van der Waals surface area (Å²) in [5.74, 6) is 0. The number of benzene rings is 10. The zero-order valence-corrected chi connectivity index (χ0v) is 35.0. The van der Waals surface area contributed by atoms with Gasteiger partial charge in [0.05, 0.1) is 27.6 Å². The van der Waals surface area contributed by atoms with Crippen molar-refractivity contribution in [1.82, 2.24) is 4.57 Å². The normalized spacial score (nSPS) is 14.2. The summed E-state index contributed by atoms with van der Waals surface area (Å²) in [6.07, 6.45) is 0. The van der Waals surface area contributed by atoms with E-state index in [9.17, 15) is 0 Å². The summed E-state index contributed by atoms with van der Waals surface area (Å²) in [6, 6.07) is 91.0. The number of nitrogens with zero attached hydrogens (tertiary/aromatic N) is 2. The lowest BCUT2D eigenvalue weighted by molar-refractivity contribution is 0.633. The quantitative estimate of drug-likeness (QED) is 0.172. The maximum atomic E-state index is 2.55. The van der Waals surface area contributed by atoms with Crippen molar-refractivity contribution >= 4 is 38.9 Å². The number of para-hydroxylation sites is 3. The smallest absolute Gasteiger partial charge is 0.0740 e. The van der Waals surface area contributed by atoms with Crippen LogP contribution < -0.4 is 4.90 Å². The molecule has 0 amide bonds. The predicted molar refractivity (Wildman–Crippen MR) is 264 cm³/mol. The van der Waals surface area contributed by atoms with Crippen molar-refractivity contribution in [2.24, 2.45) is 0 Å². The van der Waals surface area contributed by atoms with Crippen molar-refractivity contribution in [1.29, 1.82) is 0 Å². The molecule has 3 aliphatic carbocycles. The molecule has 2 heteroatoms. The van der Waals surface area contributed by atoms with E-state index in [0.29, 0.717) is 0 Å². The van der Waals surface area contributed by atoms with Gasteiger partial charge < -0.3 is 9.47 Å². The van der Waals surface area contributed by atoms with E-state index >= 15 is 0 Å². The van der Waals surface area contributed by atoms with Gasteiger partial charge in [-0.25, -0.2) is 0 Å². The van der Waals surface area contributed by atoms with Gasteiger partial charge in [-0.2, -0.15) is 0 Å². The Bertz CT molecular complexity index is 3600. The van der Waals surface area contributed by atoms with E-state index in [0.717, 1.165) is 22.7 Å². The van der Waals surface area contributed by atoms with Crippen LogP contribution in [0.4, 0.5) is 17.1 Å². The van der Waals surface area contributed by atoms with E-state index in [1.54, 1.807) is 0 Å². The zero-order valence-electron chi connectivity index (χ0n) is 35.0. The van der Waals surface area contributed by atoms with Crippen LogP contribution in [0.5, 0.6) is 0 Å². The highest BCUT2D eigenvalue weighted by molar-refractivity contribution is 6.10. The molecule has 0 saturated carbocycles. The van der Waals surface area contributed by atoms with E-state index < -0.39 is 10.8 Å². The number of hydrogen-bond acceptors (Lipinski definition) is 1. The van der Waals surface area contributed by atoms with Crippen molar-refractivity contribution in [2.75, 3.05) is 4.90 Å². The largest absolute Gasteiger partial charge is 0.310 e. The van der Waals surface area contributed by atoms with Crippen molar-refractivity contribution in [3.8, 4) is 27.9 Å². The Balaban J connectivity index is 1.17. The molecule has 0 unspecified atom stereocenters. The van der Waals surface area contributed by atoms with Crippen molar-refractivity contribution in [3.05, 3.63) is 287 Å². The van der Waals surface area contributed by atoms with Gasteiger partial charge in [0.2, 0.25) is 0 Å². The fourth-order valence-corrected chi connectivity index (χ4v) is 12.4. The molecule has 0 aliphatic heterocycles. The SMILES string of the molecule is c1ccc(N(c2ccc3c4ccccc4n(-c4ccccc4)c3c2)c2cccc3c2C2(c4ccccc4-c4ccccc42)c2ccccc2C32c3ccccc3-c3ccccc32)cc1. The van der Waals surface area contributed by atoms with Crippen LogP contribution in [0.2, 0.25) is 0 Å². The predicted octanol–water partition coefficient (Wildman–Crippen LogP) is 15.3. The summed E-state index contributed by atoms with van der Waals surface area (Å²) in [5.41, 5.74) is 21.4. The van der Waals surface area contributed by atoms with E-state index in [-0.39, 0.29) is 0 Å². The third-order valence-corrected chi connectivity index (χ3v) is 14.6. The molecule has 0 fully saturated rings. The minimum Gasteiger partial charge on any atom is -0.310 e. The average Bonchev–Trinajstić information content (AvgIpc) is 3.97. The van der Waals surface area contributed by atoms with Crippen LogP contribution in [0.15, 0.2) is 243 Å². The Morgan fingerprint density at radius 3 is 1.36 bits per heavy atom. The van der Waals surface area contributed by atoms with Crippen LogP contribution in [0.1, 0.15) is 44.5 Å². The molecule has 3 aliphatic rings. The average molecular weight is 813 g/mol. The van der Waals surface area contributed by atoms with Crippen LogP contribution in [0, 0.1) is 0 Å². The van der Waals surface area contributed by atoms with Crippen molar-refractivity contribution < 1.29 is 0 Å². The first-order chi connectivity index (χ1) is 31.8. The number of rotatable bonds is 4. The van der Waals surface area contributed by atoms with Gasteiger partial charge in [0.15, 0.2) is 0 Å². The molecule has 10 aromatic carbocycles. The molecule has 1 heterocycles. The number of hydrogen-bond donors (Lipinski definition) is 0.